The lowest BCUT2D eigenvalue weighted by atomic mass is 9.86. The highest BCUT2D eigenvalue weighted by Crippen LogP contribution is 2.32. The fourth-order valence-corrected chi connectivity index (χ4v) is 2.69. The van der Waals surface area contributed by atoms with E-state index >= 15 is 0 Å². The van der Waals surface area contributed by atoms with E-state index in [1.165, 1.54) is 6.42 Å². The van der Waals surface area contributed by atoms with Gasteiger partial charge in [0.15, 0.2) is 0 Å². The predicted octanol–water partition coefficient (Wildman–Crippen LogP) is 0.654. The summed E-state index contributed by atoms with van der Waals surface area (Å²) in [7, 11) is 1.81. The van der Waals surface area contributed by atoms with Crippen LogP contribution >= 0.6 is 0 Å². The molecule has 0 aliphatic carbocycles. The minimum atomic E-state index is -0.290. The van der Waals surface area contributed by atoms with Crippen molar-refractivity contribution in [1.29, 1.82) is 0 Å². The molecule has 5 nitrogen and oxygen atoms in total. The van der Waals surface area contributed by atoms with E-state index in [0.717, 1.165) is 32.5 Å². The van der Waals surface area contributed by atoms with Crippen LogP contribution in [-0.2, 0) is 0 Å². The molecular formula is C11H20N4O. The van der Waals surface area contributed by atoms with Crippen molar-refractivity contribution in [2.75, 3.05) is 26.7 Å². The van der Waals surface area contributed by atoms with Gasteiger partial charge in [-0.3, -0.25) is 0 Å². The zero-order valence-electron chi connectivity index (χ0n) is 10.1. The molecule has 2 rings (SSSR count). The molecule has 1 fully saturated rings. The Kier molecular flexibility index (Phi) is 2.88. The molecule has 0 unspecified atom stereocenters. The minimum Gasteiger partial charge on any atom is -0.385 e. The van der Waals surface area contributed by atoms with Crippen LogP contribution in [-0.4, -0.2) is 53.9 Å². The number of carbonyl (C=O) groups excluding carboxylic acids is 1. The summed E-state index contributed by atoms with van der Waals surface area (Å²) in [6.07, 6.45) is 2.99. The Morgan fingerprint density at radius 1 is 1.44 bits per heavy atom. The second-order valence-corrected chi connectivity index (χ2v) is 4.71. The lowest BCUT2D eigenvalue weighted by Crippen LogP contribution is -2.58. The number of carbonyl (C=O) groups is 1. The summed E-state index contributed by atoms with van der Waals surface area (Å²) in [5, 5.41) is 0. The van der Waals surface area contributed by atoms with Gasteiger partial charge in [0.2, 0.25) is 0 Å². The van der Waals surface area contributed by atoms with Gasteiger partial charge in [0.25, 0.3) is 0 Å². The molecule has 0 aromatic rings. The zero-order chi connectivity index (χ0) is 11.8. The first kappa shape index (κ1) is 11.4. The van der Waals surface area contributed by atoms with Gasteiger partial charge in [0.05, 0.1) is 0 Å². The van der Waals surface area contributed by atoms with E-state index in [1.807, 2.05) is 0 Å². The summed E-state index contributed by atoms with van der Waals surface area (Å²) >= 11 is 0. The molecule has 0 aromatic heterocycles. The number of piperidine rings is 1. The maximum atomic E-state index is 11.5. The number of hydrogen-bond donors (Lipinski definition) is 1. The van der Waals surface area contributed by atoms with Gasteiger partial charge < -0.3 is 15.5 Å². The fraction of sp³-hybridized carbons (Fsp3) is 0.818. The normalized spacial score (nSPS) is 25.2. The molecule has 0 aromatic carbocycles. The van der Waals surface area contributed by atoms with E-state index in [2.05, 4.69) is 16.8 Å². The van der Waals surface area contributed by atoms with Crippen molar-refractivity contribution in [3.05, 3.63) is 0 Å². The Bertz CT molecular complexity index is 318. The summed E-state index contributed by atoms with van der Waals surface area (Å²) in [6, 6.07) is -0.193. The van der Waals surface area contributed by atoms with Crippen molar-refractivity contribution >= 4 is 11.9 Å². The molecule has 16 heavy (non-hydrogen) atoms. The monoisotopic (exact) mass is 224 g/mol. The number of aliphatic imine (C=N–C) groups is 1. The first-order valence-electron chi connectivity index (χ1n) is 5.95. The van der Waals surface area contributed by atoms with Gasteiger partial charge in [-0.15, -0.1) is 0 Å². The molecule has 2 amide bonds. The molecular weight excluding hydrogens is 204 g/mol. The van der Waals surface area contributed by atoms with Crippen molar-refractivity contribution in [1.82, 2.24) is 9.80 Å². The third-order valence-corrected chi connectivity index (χ3v) is 3.84. The zero-order valence-corrected chi connectivity index (χ0v) is 10.1. The molecule has 1 spiro atoms. The number of amides is 2. The van der Waals surface area contributed by atoms with Crippen LogP contribution in [0.15, 0.2) is 4.99 Å². The van der Waals surface area contributed by atoms with E-state index in [9.17, 15) is 4.79 Å². The molecule has 2 N–H and O–H groups in total. The second kappa shape index (κ2) is 4.05. The molecule has 2 heterocycles. The maximum absolute atomic E-state index is 11.5. The predicted molar refractivity (Wildman–Crippen MR) is 63.5 cm³/mol. The molecule has 5 heteroatoms. The van der Waals surface area contributed by atoms with Crippen LogP contribution in [0.3, 0.4) is 0 Å². The SMILES string of the molecule is CCCN1CCC2(CC1)C(N)=NC(=O)N2C. The van der Waals surface area contributed by atoms with Gasteiger partial charge in [0, 0.05) is 20.1 Å². The summed E-state index contributed by atoms with van der Waals surface area (Å²) in [6.45, 7) is 5.32. The molecule has 0 saturated carbocycles. The Labute approximate surface area is 96.3 Å². The van der Waals surface area contributed by atoms with Gasteiger partial charge in [-0.05, 0) is 25.8 Å². The van der Waals surface area contributed by atoms with Gasteiger partial charge in [-0.25, -0.2) is 4.79 Å². The van der Waals surface area contributed by atoms with Crippen LogP contribution in [0.1, 0.15) is 26.2 Å². The molecule has 90 valence electrons. The van der Waals surface area contributed by atoms with Crippen LogP contribution in [0.2, 0.25) is 0 Å². The fourth-order valence-electron chi connectivity index (χ4n) is 2.69. The average Bonchev–Trinajstić information content (AvgIpc) is 2.47. The standard InChI is InChI=1S/C11H20N4O/c1-3-6-15-7-4-11(5-8-15)9(12)13-10(16)14(11)2/h3-8H2,1-2H3,(H2,12,13,16). The Balaban J connectivity index is 2.07. The number of rotatable bonds is 2. The molecule has 2 aliphatic heterocycles. The van der Waals surface area contributed by atoms with Crippen LogP contribution < -0.4 is 5.73 Å². The highest BCUT2D eigenvalue weighted by atomic mass is 16.2. The first-order valence-corrected chi connectivity index (χ1v) is 5.95. The number of nitrogens with two attached hydrogens (primary N) is 1. The second-order valence-electron chi connectivity index (χ2n) is 4.71. The molecule has 2 aliphatic rings. The lowest BCUT2D eigenvalue weighted by molar-refractivity contribution is 0.116. The number of likely N-dealkylation sites (N-methyl/N-ethyl adjacent to an activating group) is 1. The van der Waals surface area contributed by atoms with E-state index < -0.39 is 0 Å². The van der Waals surface area contributed by atoms with E-state index in [1.54, 1.807) is 11.9 Å². The van der Waals surface area contributed by atoms with Crippen molar-refractivity contribution in [3.63, 3.8) is 0 Å². The molecule has 0 radical (unpaired) electrons. The average molecular weight is 224 g/mol. The highest BCUT2D eigenvalue weighted by Gasteiger charge is 2.47. The van der Waals surface area contributed by atoms with Gasteiger partial charge in [0.1, 0.15) is 11.4 Å². The van der Waals surface area contributed by atoms with Gasteiger partial charge in [-0.1, -0.05) is 6.92 Å². The van der Waals surface area contributed by atoms with E-state index in [4.69, 9.17) is 5.73 Å². The smallest absolute Gasteiger partial charge is 0.345 e. The number of nitrogens with zero attached hydrogens (tertiary/aromatic N) is 3. The first-order chi connectivity index (χ1) is 7.60. The van der Waals surface area contributed by atoms with Crippen molar-refractivity contribution in [3.8, 4) is 0 Å². The largest absolute Gasteiger partial charge is 0.385 e. The minimum absolute atomic E-state index is 0.193. The van der Waals surface area contributed by atoms with E-state index in [0.29, 0.717) is 5.84 Å². The third kappa shape index (κ3) is 1.59. The number of hydrogen-bond acceptors (Lipinski definition) is 3. The molecule has 1 saturated heterocycles. The number of urea groups is 1. The van der Waals surface area contributed by atoms with Gasteiger partial charge >= 0.3 is 6.03 Å². The molecule has 0 atom stereocenters. The Morgan fingerprint density at radius 2 is 2.06 bits per heavy atom. The summed E-state index contributed by atoms with van der Waals surface area (Å²) in [5.74, 6) is 0.510. The third-order valence-electron chi connectivity index (χ3n) is 3.84. The number of amidine groups is 1. The van der Waals surface area contributed by atoms with E-state index in [-0.39, 0.29) is 11.6 Å². The van der Waals surface area contributed by atoms with Crippen molar-refractivity contribution in [2.24, 2.45) is 10.7 Å². The van der Waals surface area contributed by atoms with Crippen LogP contribution in [0, 0.1) is 0 Å². The summed E-state index contributed by atoms with van der Waals surface area (Å²) in [4.78, 5) is 19.5. The van der Waals surface area contributed by atoms with Crippen LogP contribution in [0.5, 0.6) is 0 Å². The lowest BCUT2D eigenvalue weighted by Gasteiger charge is -2.42. The molecule has 0 bridgehead atoms. The van der Waals surface area contributed by atoms with Crippen LogP contribution in [0.4, 0.5) is 4.79 Å². The quantitative estimate of drug-likeness (QED) is 0.749. The Morgan fingerprint density at radius 3 is 2.50 bits per heavy atom. The topological polar surface area (TPSA) is 61.9 Å². The Hall–Kier alpha value is -1.10. The summed E-state index contributed by atoms with van der Waals surface area (Å²) in [5.41, 5.74) is 5.62. The maximum Gasteiger partial charge on any atom is 0.345 e. The van der Waals surface area contributed by atoms with Gasteiger partial charge in [-0.2, -0.15) is 4.99 Å². The summed E-state index contributed by atoms with van der Waals surface area (Å²) < 4.78 is 0. The number of likely N-dealkylation sites (tertiary alicyclic amines) is 1. The van der Waals surface area contributed by atoms with Crippen molar-refractivity contribution in [2.45, 2.75) is 31.7 Å². The van der Waals surface area contributed by atoms with Crippen molar-refractivity contribution < 1.29 is 4.79 Å². The highest BCUT2D eigenvalue weighted by molar-refractivity contribution is 6.05. The van der Waals surface area contributed by atoms with Crippen LogP contribution in [0.25, 0.3) is 0 Å².